The maximum absolute atomic E-state index is 6.17. The third-order valence-electron chi connectivity index (χ3n) is 4.77. The molecule has 2 bridgehead atoms. The van der Waals surface area contributed by atoms with Crippen LogP contribution in [0.2, 0.25) is 0 Å². The van der Waals surface area contributed by atoms with Crippen molar-refractivity contribution in [3.63, 3.8) is 0 Å². The summed E-state index contributed by atoms with van der Waals surface area (Å²) in [6.45, 7) is 14.1. The van der Waals surface area contributed by atoms with Crippen molar-refractivity contribution in [2.75, 3.05) is 0 Å². The van der Waals surface area contributed by atoms with Crippen LogP contribution in [0.15, 0.2) is 22.3 Å². The predicted molar refractivity (Wildman–Crippen MR) is 75.5 cm³/mol. The SMILES string of the molecule is CC(C)(C)C1=C2C(=C(C(C)(C)C)C1)C1CCC2O1. The quantitative estimate of drug-likeness (QED) is 0.605. The van der Waals surface area contributed by atoms with Crippen LogP contribution in [0.5, 0.6) is 0 Å². The highest BCUT2D eigenvalue weighted by Crippen LogP contribution is 2.57. The second-order valence-corrected chi connectivity index (χ2v) is 8.15. The first kappa shape index (κ1) is 12.5. The van der Waals surface area contributed by atoms with E-state index in [1.54, 1.807) is 22.3 Å². The summed E-state index contributed by atoms with van der Waals surface area (Å²) < 4.78 is 6.17. The molecule has 0 N–H and O–H groups in total. The van der Waals surface area contributed by atoms with Crippen LogP contribution < -0.4 is 0 Å². The Morgan fingerprint density at radius 1 is 0.778 bits per heavy atom. The van der Waals surface area contributed by atoms with Crippen LogP contribution in [0.4, 0.5) is 0 Å². The van der Waals surface area contributed by atoms with Crippen LogP contribution in [0, 0.1) is 10.8 Å². The smallest absolute Gasteiger partial charge is 0.0837 e. The standard InChI is InChI=1S/C17H26O/c1-16(2,3)10-9-11(17(4,5)6)15-13-8-7-12(18-13)14(10)15/h12-13H,7-9H2,1-6H3. The van der Waals surface area contributed by atoms with Crippen molar-refractivity contribution in [1.29, 1.82) is 0 Å². The molecule has 0 aromatic carbocycles. The van der Waals surface area contributed by atoms with Gasteiger partial charge in [0.25, 0.3) is 0 Å². The topological polar surface area (TPSA) is 9.23 Å². The molecule has 2 fully saturated rings. The first-order valence-electron chi connectivity index (χ1n) is 7.32. The average molecular weight is 246 g/mol. The van der Waals surface area contributed by atoms with E-state index in [4.69, 9.17) is 4.74 Å². The first-order chi connectivity index (χ1) is 8.19. The largest absolute Gasteiger partial charge is 0.366 e. The van der Waals surface area contributed by atoms with E-state index in [-0.39, 0.29) is 10.8 Å². The van der Waals surface area contributed by atoms with Crippen molar-refractivity contribution < 1.29 is 4.74 Å². The third kappa shape index (κ3) is 1.63. The molecule has 0 saturated carbocycles. The van der Waals surface area contributed by atoms with E-state index in [1.807, 2.05) is 0 Å². The molecule has 0 spiro atoms. The van der Waals surface area contributed by atoms with Gasteiger partial charge in [0.05, 0.1) is 12.2 Å². The van der Waals surface area contributed by atoms with Gasteiger partial charge in [-0.15, -0.1) is 0 Å². The molecule has 1 aliphatic carbocycles. The highest BCUT2D eigenvalue weighted by Gasteiger charge is 2.49. The zero-order valence-electron chi connectivity index (χ0n) is 12.7. The van der Waals surface area contributed by atoms with E-state index in [1.165, 1.54) is 19.3 Å². The molecular weight excluding hydrogens is 220 g/mol. The van der Waals surface area contributed by atoms with Crippen molar-refractivity contribution in [2.45, 2.75) is 73.0 Å². The Morgan fingerprint density at radius 2 is 1.17 bits per heavy atom. The van der Waals surface area contributed by atoms with Gasteiger partial charge in [0.15, 0.2) is 0 Å². The second kappa shape index (κ2) is 3.50. The number of hydrogen-bond acceptors (Lipinski definition) is 1. The summed E-state index contributed by atoms with van der Waals surface area (Å²) >= 11 is 0. The normalized spacial score (nSPS) is 31.7. The maximum Gasteiger partial charge on any atom is 0.0837 e. The second-order valence-electron chi connectivity index (χ2n) is 8.15. The summed E-state index contributed by atoms with van der Waals surface area (Å²) in [7, 11) is 0. The van der Waals surface area contributed by atoms with Gasteiger partial charge in [-0.05, 0) is 41.2 Å². The van der Waals surface area contributed by atoms with Crippen molar-refractivity contribution in [3.05, 3.63) is 22.3 Å². The first-order valence-corrected chi connectivity index (χ1v) is 7.32. The Morgan fingerprint density at radius 3 is 1.50 bits per heavy atom. The van der Waals surface area contributed by atoms with E-state index in [0.717, 1.165) is 0 Å². The molecule has 0 aromatic heterocycles. The lowest BCUT2D eigenvalue weighted by molar-refractivity contribution is 0.120. The van der Waals surface area contributed by atoms with Gasteiger partial charge in [-0.3, -0.25) is 0 Å². The van der Waals surface area contributed by atoms with Crippen molar-refractivity contribution in [1.82, 2.24) is 0 Å². The minimum atomic E-state index is 0.279. The maximum atomic E-state index is 6.17. The molecule has 0 amide bonds. The molecule has 3 rings (SSSR count). The summed E-state index contributed by atoms with van der Waals surface area (Å²) in [5.74, 6) is 0. The minimum Gasteiger partial charge on any atom is -0.366 e. The molecule has 0 aromatic rings. The van der Waals surface area contributed by atoms with E-state index in [2.05, 4.69) is 41.5 Å². The fourth-order valence-corrected chi connectivity index (χ4v) is 3.83. The predicted octanol–water partition coefficient (Wildman–Crippen LogP) is 4.64. The van der Waals surface area contributed by atoms with E-state index < -0.39 is 0 Å². The fourth-order valence-electron chi connectivity index (χ4n) is 3.83. The highest BCUT2D eigenvalue weighted by molar-refractivity contribution is 5.58. The van der Waals surface area contributed by atoms with Crippen molar-refractivity contribution in [3.8, 4) is 0 Å². The van der Waals surface area contributed by atoms with Gasteiger partial charge in [0, 0.05) is 0 Å². The van der Waals surface area contributed by atoms with E-state index >= 15 is 0 Å². The monoisotopic (exact) mass is 246 g/mol. The molecule has 2 aliphatic heterocycles. The van der Waals surface area contributed by atoms with Crippen LogP contribution in [0.1, 0.15) is 60.8 Å². The lowest BCUT2D eigenvalue weighted by Crippen LogP contribution is -2.15. The summed E-state index contributed by atoms with van der Waals surface area (Å²) in [6, 6.07) is 0. The fraction of sp³-hybridized carbons (Fsp3) is 0.765. The number of hydrogen-bond donors (Lipinski definition) is 0. The van der Waals surface area contributed by atoms with Crippen LogP contribution >= 0.6 is 0 Å². The molecule has 2 heterocycles. The number of fused-ring (bicyclic) bond motifs is 5. The molecule has 1 nitrogen and oxygen atoms in total. The minimum absolute atomic E-state index is 0.279. The van der Waals surface area contributed by atoms with Gasteiger partial charge in [0.2, 0.25) is 0 Å². The third-order valence-corrected chi connectivity index (χ3v) is 4.77. The number of rotatable bonds is 0. The van der Waals surface area contributed by atoms with E-state index in [0.29, 0.717) is 12.2 Å². The lowest BCUT2D eigenvalue weighted by Gasteiger charge is -2.27. The Kier molecular flexibility index (Phi) is 2.43. The van der Waals surface area contributed by atoms with Crippen LogP contribution in [-0.4, -0.2) is 12.2 Å². The van der Waals surface area contributed by atoms with Crippen LogP contribution in [-0.2, 0) is 4.74 Å². The molecule has 100 valence electrons. The molecule has 2 saturated heterocycles. The molecule has 18 heavy (non-hydrogen) atoms. The molecule has 0 radical (unpaired) electrons. The van der Waals surface area contributed by atoms with Crippen molar-refractivity contribution >= 4 is 0 Å². The van der Waals surface area contributed by atoms with Gasteiger partial charge in [-0.2, -0.15) is 0 Å². The average Bonchev–Trinajstić information content (AvgIpc) is 2.85. The van der Waals surface area contributed by atoms with E-state index in [9.17, 15) is 0 Å². The summed E-state index contributed by atoms with van der Waals surface area (Å²) in [4.78, 5) is 0. The van der Waals surface area contributed by atoms with Crippen molar-refractivity contribution in [2.24, 2.45) is 10.8 Å². The van der Waals surface area contributed by atoms with Gasteiger partial charge in [0.1, 0.15) is 0 Å². The summed E-state index contributed by atoms with van der Waals surface area (Å²) in [5.41, 5.74) is 7.06. The lowest BCUT2D eigenvalue weighted by atomic mass is 9.79. The zero-order valence-corrected chi connectivity index (χ0v) is 12.7. The van der Waals surface area contributed by atoms with Crippen LogP contribution in [0.25, 0.3) is 0 Å². The van der Waals surface area contributed by atoms with Gasteiger partial charge in [-0.1, -0.05) is 52.7 Å². The Hall–Kier alpha value is -0.560. The summed E-state index contributed by atoms with van der Waals surface area (Å²) in [6.07, 6.45) is 4.49. The molecule has 2 unspecified atom stereocenters. The van der Waals surface area contributed by atoms with Gasteiger partial charge >= 0.3 is 0 Å². The Bertz CT molecular complexity index is 409. The Labute approximate surface area is 111 Å². The zero-order chi connectivity index (χ0) is 13.3. The van der Waals surface area contributed by atoms with Gasteiger partial charge in [-0.25, -0.2) is 0 Å². The van der Waals surface area contributed by atoms with Gasteiger partial charge < -0.3 is 4.74 Å². The van der Waals surface area contributed by atoms with Crippen LogP contribution in [0.3, 0.4) is 0 Å². The Balaban J connectivity index is 2.13. The molecule has 2 atom stereocenters. The molecule has 3 aliphatic rings. The summed E-state index contributed by atoms with van der Waals surface area (Å²) in [5, 5.41) is 0. The number of allylic oxidation sites excluding steroid dienone is 2. The molecule has 1 heteroatoms. The number of ether oxygens (including phenoxy) is 1. The highest BCUT2D eigenvalue weighted by atomic mass is 16.5. The molecular formula is C17H26O.